The molecule has 18 heavy (non-hydrogen) atoms. The highest BCUT2D eigenvalue weighted by molar-refractivity contribution is 6.60. The average molecular weight is 272 g/mol. The molecule has 1 rings (SSSR count). The van der Waals surface area contributed by atoms with E-state index in [4.69, 9.17) is 13.3 Å². The van der Waals surface area contributed by atoms with Crippen LogP contribution in [0, 0.1) is 6.92 Å². The van der Waals surface area contributed by atoms with E-state index >= 15 is 0 Å². The van der Waals surface area contributed by atoms with Crippen LogP contribution in [0.1, 0.15) is 24.9 Å². The van der Waals surface area contributed by atoms with Crippen LogP contribution in [0.4, 0.5) is 0 Å². The molecule has 104 valence electrons. The Morgan fingerprint density at radius 3 is 2.33 bits per heavy atom. The second-order valence-corrected chi connectivity index (χ2v) is 7.32. The molecular formula is C12H24N2O3Si. The fourth-order valence-electron chi connectivity index (χ4n) is 2.09. The molecule has 0 radical (unpaired) electrons. The van der Waals surface area contributed by atoms with Crippen molar-refractivity contribution < 1.29 is 13.3 Å². The third-order valence-electron chi connectivity index (χ3n) is 3.14. The van der Waals surface area contributed by atoms with E-state index in [0.29, 0.717) is 0 Å². The Hall–Kier alpha value is -0.693. The third-order valence-corrected chi connectivity index (χ3v) is 5.97. The van der Waals surface area contributed by atoms with Crippen molar-refractivity contribution in [2.45, 2.75) is 39.3 Å². The molecule has 0 saturated carbocycles. The average Bonchev–Trinajstić information content (AvgIpc) is 2.75. The smallest absolute Gasteiger partial charge is 0.377 e. The topological polar surface area (TPSA) is 45.5 Å². The van der Waals surface area contributed by atoms with Gasteiger partial charge in [0.2, 0.25) is 0 Å². The summed E-state index contributed by atoms with van der Waals surface area (Å²) in [6, 6.07) is 0.812. The lowest BCUT2D eigenvalue weighted by Crippen LogP contribution is -2.42. The molecule has 0 aliphatic heterocycles. The summed E-state index contributed by atoms with van der Waals surface area (Å²) in [5.74, 6) is 1.13. The van der Waals surface area contributed by atoms with Gasteiger partial charge in [-0.25, -0.2) is 4.98 Å². The maximum atomic E-state index is 5.40. The number of imidazole rings is 1. The molecule has 0 unspecified atom stereocenters. The Morgan fingerprint density at radius 2 is 1.83 bits per heavy atom. The number of aromatic nitrogens is 2. The lowest BCUT2D eigenvalue weighted by atomic mass is 10.3. The number of hydrogen-bond acceptors (Lipinski definition) is 4. The first-order valence-corrected chi connectivity index (χ1v) is 8.22. The highest BCUT2D eigenvalue weighted by atomic mass is 28.4. The van der Waals surface area contributed by atoms with E-state index in [1.54, 1.807) is 21.3 Å². The molecule has 0 fully saturated rings. The summed E-state index contributed by atoms with van der Waals surface area (Å²) in [7, 11) is 2.52. The van der Waals surface area contributed by atoms with Gasteiger partial charge in [-0.3, -0.25) is 0 Å². The van der Waals surface area contributed by atoms with Crippen LogP contribution in [-0.2, 0) is 26.2 Å². The van der Waals surface area contributed by atoms with Gasteiger partial charge >= 0.3 is 8.80 Å². The van der Waals surface area contributed by atoms with Crippen molar-refractivity contribution in [2.75, 3.05) is 21.3 Å². The number of nitrogens with zero attached hydrogens (tertiary/aromatic N) is 2. The summed E-state index contributed by atoms with van der Waals surface area (Å²) in [6.45, 7) is 5.11. The first kappa shape index (κ1) is 15.4. The zero-order valence-corrected chi connectivity index (χ0v) is 13.0. The quantitative estimate of drug-likeness (QED) is 0.679. The van der Waals surface area contributed by atoms with E-state index in [0.717, 1.165) is 36.9 Å². The Balaban J connectivity index is 2.54. The standard InChI is InChI=1S/C12H24N2O3Si/c1-6-14-10-11(2)13-12(14)8-7-9-18(15-3,16-4)17-5/h10H,6-9H2,1-5H3. The van der Waals surface area contributed by atoms with Gasteiger partial charge in [0.15, 0.2) is 0 Å². The molecule has 0 aromatic carbocycles. The molecule has 0 spiro atoms. The second kappa shape index (κ2) is 7.03. The maximum Gasteiger partial charge on any atom is 0.500 e. The van der Waals surface area contributed by atoms with Crippen molar-refractivity contribution in [1.29, 1.82) is 0 Å². The van der Waals surface area contributed by atoms with Gasteiger partial charge in [0, 0.05) is 46.5 Å². The van der Waals surface area contributed by atoms with E-state index in [1.807, 2.05) is 6.92 Å². The molecule has 0 saturated heterocycles. The lowest BCUT2D eigenvalue weighted by Gasteiger charge is -2.24. The van der Waals surface area contributed by atoms with Crippen LogP contribution in [-0.4, -0.2) is 39.7 Å². The van der Waals surface area contributed by atoms with Gasteiger partial charge in [-0.2, -0.15) is 0 Å². The minimum absolute atomic E-state index is 0.812. The van der Waals surface area contributed by atoms with Crippen molar-refractivity contribution in [1.82, 2.24) is 9.55 Å². The van der Waals surface area contributed by atoms with E-state index in [9.17, 15) is 0 Å². The third kappa shape index (κ3) is 3.65. The molecular weight excluding hydrogens is 248 g/mol. The van der Waals surface area contributed by atoms with Crippen LogP contribution in [0.15, 0.2) is 6.20 Å². The molecule has 1 heterocycles. The van der Waals surface area contributed by atoms with Crippen LogP contribution in [0.5, 0.6) is 0 Å². The lowest BCUT2D eigenvalue weighted by molar-refractivity contribution is 0.123. The van der Waals surface area contributed by atoms with Crippen molar-refractivity contribution in [3.05, 3.63) is 17.7 Å². The monoisotopic (exact) mass is 272 g/mol. The highest BCUT2D eigenvalue weighted by Crippen LogP contribution is 2.17. The van der Waals surface area contributed by atoms with Gasteiger partial charge in [0.1, 0.15) is 5.82 Å². The van der Waals surface area contributed by atoms with Crippen molar-refractivity contribution in [2.24, 2.45) is 0 Å². The molecule has 1 aromatic rings. The van der Waals surface area contributed by atoms with Crippen LogP contribution in [0.3, 0.4) is 0 Å². The Bertz CT molecular complexity index is 356. The zero-order valence-electron chi connectivity index (χ0n) is 12.0. The predicted molar refractivity (Wildman–Crippen MR) is 72.5 cm³/mol. The minimum Gasteiger partial charge on any atom is -0.377 e. The summed E-state index contributed by atoms with van der Waals surface area (Å²) in [5.41, 5.74) is 1.07. The van der Waals surface area contributed by atoms with E-state index in [-0.39, 0.29) is 0 Å². The van der Waals surface area contributed by atoms with Crippen LogP contribution < -0.4 is 0 Å². The van der Waals surface area contributed by atoms with Gasteiger partial charge in [-0.15, -0.1) is 0 Å². The Labute approximate surface area is 110 Å². The summed E-state index contributed by atoms with van der Waals surface area (Å²) >= 11 is 0. The van der Waals surface area contributed by atoms with E-state index in [1.165, 1.54) is 0 Å². The Morgan fingerprint density at radius 1 is 1.22 bits per heavy atom. The summed E-state index contributed by atoms with van der Waals surface area (Å²) < 4.78 is 18.4. The maximum absolute atomic E-state index is 5.40. The first-order valence-electron chi connectivity index (χ1n) is 6.29. The van der Waals surface area contributed by atoms with E-state index in [2.05, 4.69) is 22.7 Å². The Kier molecular flexibility index (Phi) is 6.00. The molecule has 0 aliphatic carbocycles. The van der Waals surface area contributed by atoms with Gasteiger partial charge < -0.3 is 17.8 Å². The van der Waals surface area contributed by atoms with Gasteiger partial charge in [0.05, 0.1) is 5.69 Å². The molecule has 6 heteroatoms. The molecule has 0 amide bonds. The number of rotatable bonds is 8. The SMILES string of the molecule is CCn1cc(C)nc1CCC[Si](OC)(OC)OC. The van der Waals surface area contributed by atoms with Crippen LogP contribution >= 0.6 is 0 Å². The number of hydrogen-bond donors (Lipinski definition) is 0. The van der Waals surface area contributed by atoms with Crippen LogP contribution in [0.25, 0.3) is 0 Å². The van der Waals surface area contributed by atoms with Crippen molar-refractivity contribution in [3.8, 4) is 0 Å². The van der Waals surface area contributed by atoms with Crippen molar-refractivity contribution in [3.63, 3.8) is 0 Å². The van der Waals surface area contributed by atoms with Gasteiger partial charge in [-0.1, -0.05) is 0 Å². The highest BCUT2D eigenvalue weighted by Gasteiger charge is 2.36. The first-order chi connectivity index (χ1) is 8.60. The molecule has 0 bridgehead atoms. The molecule has 5 nitrogen and oxygen atoms in total. The fraction of sp³-hybridized carbons (Fsp3) is 0.750. The summed E-state index contributed by atoms with van der Waals surface area (Å²) in [4.78, 5) is 4.53. The number of aryl methyl sites for hydroxylation is 3. The van der Waals surface area contributed by atoms with E-state index < -0.39 is 8.80 Å². The fourth-order valence-corrected chi connectivity index (χ4v) is 3.81. The normalized spacial score (nSPS) is 12.1. The van der Waals surface area contributed by atoms with Crippen molar-refractivity contribution >= 4 is 8.80 Å². The molecule has 0 aliphatic rings. The molecule has 0 atom stereocenters. The minimum atomic E-state index is -2.43. The molecule has 1 aromatic heterocycles. The van der Waals surface area contributed by atoms with Crippen LogP contribution in [0.2, 0.25) is 6.04 Å². The zero-order chi connectivity index (χ0) is 13.6. The summed E-state index contributed by atoms with van der Waals surface area (Å²) in [5, 5.41) is 0. The molecule has 0 N–H and O–H groups in total. The largest absolute Gasteiger partial charge is 0.500 e. The predicted octanol–water partition coefficient (Wildman–Crippen LogP) is 2.02. The van der Waals surface area contributed by atoms with Gasteiger partial charge in [-0.05, 0) is 20.3 Å². The second-order valence-electron chi connectivity index (χ2n) is 4.23. The van der Waals surface area contributed by atoms with Gasteiger partial charge in [0.25, 0.3) is 0 Å². The summed E-state index contributed by atoms with van der Waals surface area (Å²) in [6.07, 6.45) is 3.97.